The van der Waals surface area contributed by atoms with Crippen LogP contribution in [0.5, 0.6) is 0 Å². The Morgan fingerprint density at radius 2 is 1.18 bits per heavy atom. The number of ether oxygens (including phenoxy) is 4. The Labute approximate surface area is 355 Å². The van der Waals surface area contributed by atoms with Gasteiger partial charge >= 0.3 is 24.2 Å². The molecule has 0 bridgehead atoms. The van der Waals surface area contributed by atoms with Crippen molar-refractivity contribution >= 4 is 35.9 Å². The normalized spacial score (nSPS) is 19.5. The van der Waals surface area contributed by atoms with Crippen LogP contribution in [-0.2, 0) is 35.1 Å². The molecule has 332 valence electrons. The second-order valence-corrected chi connectivity index (χ2v) is 18.2. The van der Waals surface area contributed by atoms with Gasteiger partial charge in [0, 0.05) is 25.7 Å². The molecule has 1 aromatic heterocycles. The van der Waals surface area contributed by atoms with Gasteiger partial charge in [0.25, 0.3) is 0 Å². The lowest BCUT2D eigenvalue weighted by atomic mass is 9.97. The van der Waals surface area contributed by atoms with E-state index in [1.54, 1.807) is 31.7 Å². The summed E-state index contributed by atoms with van der Waals surface area (Å²) in [6.45, 7) is 18.4. The molecule has 5 rings (SSSR count). The van der Waals surface area contributed by atoms with E-state index in [1.165, 1.54) is 9.80 Å². The fourth-order valence-electron chi connectivity index (χ4n) is 6.86. The number of nitrogens with one attached hydrogen (secondary N) is 1. The number of aromatic amines is 1. The molecule has 4 heterocycles. The minimum atomic E-state index is -0.576. The number of aromatic nitrogens is 2. The van der Waals surface area contributed by atoms with E-state index in [2.05, 4.69) is 10.2 Å². The van der Waals surface area contributed by atoms with Gasteiger partial charge in [0.05, 0.1) is 30.3 Å². The highest BCUT2D eigenvalue weighted by Gasteiger charge is 2.37. The number of nitriles is 1. The number of hydrogen-bond acceptors (Lipinski definition) is 12. The number of Topliss-reactive ketones (excluding diaryl/α,β-unsaturated/α-hetero) is 1. The summed E-state index contributed by atoms with van der Waals surface area (Å²) in [6.07, 6.45) is 6.46. The third-order valence-electron chi connectivity index (χ3n) is 9.49. The van der Waals surface area contributed by atoms with Gasteiger partial charge in [-0.15, -0.1) is 0 Å². The summed E-state index contributed by atoms with van der Waals surface area (Å²) in [5.41, 5.74) is 5.81. The number of likely N-dealkylation sites (tertiary alicyclic amines) is 3. The molecule has 0 saturated carbocycles. The molecule has 16 nitrogen and oxygen atoms in total. The molecule has 16 heteroatoms. The van der Waals surface area contributed by atoms with E-state index in [0.717, 1.165) is 56.2 Å². The number of esters is 1. The highest BCUT2D eigenvalue weighted by atomic mass is 16.6. The molecule has 2 aromatic rings. The molecule has 3 amide bonds. The van der Waals surface area contributed by atoms with Gasteiger partial charge in [-0.05, 0) is 126 Å². The molecule has 3 aliphatic rings. The van der Waals surface area contributed by atoms with Crippen LogP contribution in [0.4, 0.5) is 20.2 Å². The average molecular weight is 838 g/mol. The van der Waals surface area contributed by atoms with Crippen LogP contribution in [0.3, 0.4) is 0 Å². The second kappa shape index (κ2) is 22.3. The van der Waals surface area contributed by atoms with Crippen molar-refractivity contribution in [2.24, 2.45) is 0 Å². The van der Waals surface area contributed by atoms with E-state index >= 15 is 0 Å². The number of H-pyrrole nitrogens is 1. The quantitative estimate of drug-likeness (QED) is 0.208. The minimum absolute atomic E-state index is 0.0200. The molecule has 3 fully saturated rings. The molecular formula is C44H67N7O9. The van der Waals surface area contributed by atoms with Crippen molar-refractivity contribution in [3.05, 3.63) is 47.7 Å². The molecule has 60 heavy (non-hydrogen) atoms. The first-order chi connectivity index (χ1) is 28.1. The zero-order valence-corrected chi connectivity index (χ0v) is 37.1. The minimum Gasteiger partial charge on any atom is -0.459 e. The Bertz CT molecular complexity index is 1760. The molecule has 0 radical (unpaired) electrons. The van der Waals surface area contributed by atoms with Gasteiger partial charge in [-0.25, -0.2) is 19.2 Å². The molecule has 1 aromatic carbocycles. The fraction of sp³-hybridized carbons (Fsp3) is 0.659. The van der Waals surface area contributed by atoms with Crippen molar-refractivity contribution in [1.82, 2.24) is 24.9 Å². The average Bonchev–Trinajstić information content (AvgIpc) is 3.62. The van der Waals surface area contributed by atoms with Crippen LogP contribution >= 0.6 is 0 Å². The number of benzene rings is 1. The molecule has 0 spiro atoms. The Hall–Kier alpha value is -5.33. The molecule has 0 aliphatic carbocycles. The Balaban J connectivity index is 0.000000243. The zero-order chi connectivity index (χ0) is 44.7. The van der Waals surface area contributed by atoms with Crippen molar-refractivity contribution in [2.45, 2.75) is 168 Å². The number of nitrogens with two attached hydrogens (primary N) is 1. The summed E-state index contributed by atoms with van der Waals surface area (Å²) in [5, 5.41) is 15.4. The predicted octanol–water partition coefficient (Wildman–Crippen LogP) is 8.23. The Kier molecular flexibility index (Phi) is 18.2. The van der Waals surface area contributed by atoms with Crippen LogP contribution in [0.1, 0.15) is 144 Å². The first-order valence-electron chi connectivity index (χ1n) is 21.0. The highest BCUT2D eigenvalue weighted by Crippen LogP contribution is 2.32. The molecule has 3 saturated heterocycles. The topological polar surface area (TPSA) is 210 Å². The number of ketones is 1. The largest absolute Gasteiger partial charge is 0.459 e. The number of carbonyl (C=O) groups is 5. The Morgan fingerprint density at radius 1 is 0.717 bits per heavy atom. The molecule has 0 unspecified atom stereocenters. The van der Waals surface area contributed by atoms with E-state index in [4.69, 9.17) is 29.9 Å². The van der Waals surface area contributed by atoms with Crippen LogP contribution in [0.2, 0.25) is 0 Å². The second-order valence-electron chi connectivity index (χ2n) is 18.2. The van der Waals surface area contributed by atoms with Gasteiger partial charge in [-0.1, -0.05) is 30.3 Å². The SMILES string of the molecule is CC(C)(C)OC(=O)N1CCCC[C@@H]1C(=O)CC#N.CC(C)(C)OC(=O)N1CCCC[C@@H]1C(=O)OCc1ccccc1.CC(C)(C)OC(=O)N1CCCC[C@@H]1c1cc(N)n[nH]1. The summed E-state index contributed by atoms with van der Waals surface area (Å²) in [7, 11) is 0. The van der Waals surface area contributed by atoms with E-state index in [0.29, 0.717) is 38.3 Å². The number of nitrogen functional groups attached to an aromatic ring is 1. The van der Waals surface area contributed by atoms with Crippen LogP contribution in [-0.4, -0.2) is 103 Å². The van der Waals surface area contributed by atoms with Gasteiger partial charge in [0.1, 0.15) is 35.3 Å². The van der Waals surface area contributed by atoms with Crippen molar-refractivity contribution in [3.8, 4) is 6.07 Å². The lowest BCUT2D eigenvalue weighted by Gasteiger charge is -2.36. The molecular weight excluding hydrogens is 771 g/mol. The van der Waals surface area contributed by atoms with Gasteiger partial charge in [0.15, 0.2) is 5.78 Å². The van der Waals surface area contributed by atoms with Crippen molar-refractivity contribution in [2.75, 3.05) is 25.4 Å². The summed E-state index contributed by atoms with van der Waals surface area (Å²) in [6, 6.07) is 12.1. The number of piperidine rings is 3. The standard InChI is InChI=1S/C18H25NO4.C13H22N4O2.C13H20N2O3/c1-18(2,3)23-17(21)19-12-8-7-11-15(19)16(20)22-13-14-9-5-4-6-10-14;1-13(2,3)19-12(18)17-7-5-4-6-10(17)9-8-11(14)16-15-9;1-13(2,3)18-12(17)15-9-5-4-6-10(15)11(16)7-8-14/h4-6,9-10,15H,7-8,11-13H2,1-3H3;8,10H,4-7H2,1-3H3,(H3,14,15,16);10H,4-7,9H2,1-3H3/t15-;2*10-/m111/s1. The predicted molar refractivity (Wildman–Crippen MR) is 225 cm³/mol. The first kappa shape index (κ1) is 49.0. The summed E-state index contributed by atoms with van der Waals surface area (Å²) in [4.78, 5) is 65.5. The van der Waals surface area contributed by atoms with Gasteiger partial charge in [0.2, 0.25) is 0 Å². The summed E-state index contributed by atoms with van der Waals surface area (Å²) in [5.74, 6) is -0.104. The fourth-order valence-corrected chi connectivity index (χ4v) is 6.86. The van der Waals surface area contributed by atoms with Crippen molar-refractivity contribution in [3.63, 3.8) is 0 Å². The number of anilines is 1. The maximum Gasteiger partial charge on any atom is 0.411 e. The number of nitrogens with zero attached hydrogens (tertiary/aromatic N) is 5. The summed E-state index contributed by atoms with van der Waals surface area (Å²) >= 11 is 0. The smallest absolute Gasteiger partial charge is 0.411 e. The molecule has 3 N–H and O–H groups in total. The lowest BCUT2D eigenvalue weighted by Crippen LogP contribution is -2.50. The monoisotopic (exact) mass is 838 g/mol. The van der Waals surface area contributed by atoms with E-state index in [-0.39, 0.29) is 36.9 Å². The van der Waals surface area contributed by atoms with Gasteiger partial charge in [-0.2, -0.15) is 10.4 Å². The van der Waals surface area contributed by atoms with Crippen LogP contribution in [0.15, 0.2) is 36.4 Å². The van der Waals surface area contributed by atoms with E-state index in [1.807, 2.05) is 77.9 Å². The van der Waals surface area contributed by atoms with E-state index in [9.17, 15) is 24.0 Å². The first-order valence-corrected chi connectivity index (χ1v) is 21.0. The lowest BCUT2D eigenvalue weighted by molar-refractivity contribution is -0.152. The maximum absolute atomic E-state index is 12.4. The summed E-state index contributed by atoms with van der Waals surface area (Å²) < 4.78 is 21.5. The van der Waals surface area contributed by atoms with Gasteiger partial charge < -0.3 is 24.7 Å². The highest BCUT2D eigenvalue weighted by molar-refractivity contribution is 5.89. The number of hydrogen-bond donors (Lipinski definition) is 2. The third kappa shape index (κ3) is 16.7. The number of carbonyl (C=O) groups excluding carboxylic acids is 5. The van der Waals surface area contributed by atoms with Crippen molar-refractivity contribution < 1.29 is 42.9 Å². The third-order valence-corrected chi connectivity index (χ3v) is 9.49. The Morgan fingerprint density at radius 3 is 1.67 bits per heavy atom. The van der Waals surface area contributed by atoms with Crippen molar-refractivity contribution in [1.29, 1.82) is 5.26 Å². The van der Waals surface area contributed by atoms with Gasteiger partial charge in [-0.3, -0.25) is 24.6 Å². The van der Waals surface area contributed by atoms with Crippen LogP contribution in [0.25, 0.3) is 0 Å². The van der Waals surface area contributed by atoms with Crippen LogP contribution < -0.4 is 5.73 Å². The molecule has 3 atom stereocenters. The van der Waals surface area contributed by atoms with Crippen LogP contribution in [0, 0.1) is 11.3 Å². The van der Waals surface area contributed by atoms with E-state index < -0.39 is 41.1 Å². The number of amides is 3. The zero-order valence-electron chi connectivity index (χ0n) is 37.1. The maximum atomic E-state index is 12.4. The molecule has 3 aliphatic heterocycles. The number of rotatable bonds is 6.